The van der Waals surface area contributed by atoms with Crippen LogP contribution in [0.15, 0.2) is 18.3 Å². The van der Waals surface area contributed by atoms with Crippen LogP contribution in [0.2, 0.25) is 0 Å². The lowest BCUT2D eigenvalue weighted by Crippen LogP contribution is -2.47. The van der Waals surface area contributed by atoms with Crippen LogP contribution in [0.5, 0.6) is 0 Å². The summed E-state index contributed by atoms with van der Waals surface area (Å²) in [6, 6.07) is 3.70. The second-order valence-electron chi connectivity index (χ2n) is 7.40. The Balaban J connectivity index is 1.47. The average Bonchev–Trinajstić information content (AvgIpc) is 3.18. The van der Waals surface area contributed by atoms with Gasteiger partial charge < -0.3 is 14.8 Å². The SMILES string of the molecule is O=C(c1ccc[nH]1)N1CCCC2(CCC(=O)N2CC2CC2)CC1. The molecule has 0 radical (unpaired) electrons. The molecule has 124 valence electrons. The van der Waals surface area contributed by atoms with E-state index in [0.717, 1.165) is 51.2 Å². The summed E-state index contributed by atoms with van der Waals surface area (Å²) in [6.45, 7) is 2.50. The summed E-state index contributed by atoms with van der Waals surface area (Å²) in [7, 11) is 0. The molecule has 5 nitrogen and oxygen atoms in total. The van der Waals surface area contributed by atoms with Gasteiger partial charge in [0.2, 0.25) is 5.91 Å². The first-order valence-corrected chi connectivity index (χ1v) is 8.91. The highest BCUT2D eigenvalue weighted by atomic mass is 16.2. The van der Waals surface area contributed by atoms with Gasteiger partial charge in [-0.15, -0.1) is 0 Å². The second-order valence-corrected chi connectivity index (χ2v) is 7.40. The number of carbonyl (C=O) groups excluding carboxylic acids is 2. The fourth-order valence-corrected chi connectivity index (χ4v) is 4.26. The van der Waals surface area contributed by atoms with Crippen LogP contribution >= 0.6 is 0 Å². The third kappa shape index (κ3) is 2.77. The van der Waals surface area contributed by atoms with Crippen LogP contribution in [-0.2, 0) is 4.79 Å². The van der Waals surface area contributed by atoms with Crippen molar-refractivity contribution in [2.45, 2.75) is 50.5 Å². The highest BCUT2D eigenvalue weighted by Crippen LogP contribution is 2.42. The van der Waals surface area contributed by atoms with E-state index in [0.29, 0.717) is 18.0 Å². The molecule has 2 saturated heterocycles. The Morgan fingerprint density at radius 1 is 1.26 bits per heavy atom. The molecule has 1 N–H and O–H groups in total. The van der Waals surface area contributed by atoms with Crippen molar-refractivity contribution in [3.8, 4) is 0 Å². The van der Waals surface area contributed by atoms with Gasteiger partial charge in [-0.25, -0.2) is 0 Å². The van der Waals surface area contributed by atoms with Gasteiger partial charge in [0.25, 0.3) is 5.91 Å². The Kier molecular flexibility index (Phi) is 3.66. The van der Waals surface area contributed by atoms with Crippen molar-refractivity contribution < 1.29 is 9.59 Å². The molecule has 5 heteroatoms. The number of likely N-dealkylation sites (tertiary alicyclic amines) is 2. The highest BCUT2D eigenvalue weighted by molar-refractivity contribution is 5.92. The number of rotatable bonds is 3. The molecule has 1 unspecified atom stereocenters. The first-order chi connectivity index (χ1) is 11.2. The maximum absolute atomic E-state index is 12.6. The van der Waals surface area contributed by atoms with Crippen LogP contribution in [0.1, 0.15) is 55.4 Å². The van der Waals surface area contributed by atoms with Gasteiger partial charge in [0.1, 0.15) is 5.69 Å². The Hall–Kier alpha value is -1.78. The first kappa shape index (κ1) is 14.8. The van der Waals surface area contributed by atoms with Crippen LogP contribution in [0, 0.1) is 5.92 Å². The topological polar surface area (TPSA) is 56.4 Å². The molecule has 3 heterocycles. The summed E-state index contributed by atoms with van der Waals surface area (Å²) in [5, 5.41) is 0. The van der Waals surface area contributed by atoms with Crippen LogP contribution in [0.4, 0.5) is 0 Å². The van der Waals surface area contributed by atoms with Crippen LogP contribution in [0.3, 0.4) is 0 Å². The van der Waals surface area contributed by atoms with E-state index >= 15 is 0 Å². The van der Waals surface area contributed by atoms with E-state index in [9.17, 15) is 9.59 Å². The standard InChI is InChI=1S/C18H25N3O2/c22-16-6-8-18(21(16)13-14-4-5-14)7-2-11-20(12-9-18)17(23)15-3-1-10-19-15/h1,3,10,14,19H,2,4-9,11-13H2. The fraction of sp³-hybridized carbons (Fsp3) is 0.667. The third-order valence-electron chi connectivity index (χ3n) is 5.85. The van der Waals surface area contributed by atoms with Crippen molar-refractivity contribution in [1.82, 2.24) is 14.8 Å². The molecule has 0 aromatic carbocycles. The quantitative estimate of drug-likeness (QED) is 0.931. The predicted molar refractivity (Wildman–Crippen MR) is 86.9 cm³/mol. The van der Waals surface area contributed by atoms with Crippen molar-refractivity contribution in [2.24, 2.45) is 5.92 Å². The number of hydrogen-bond donors (Lipinski definition) is 1. The van der Waals surface area contributed by atoms with Gasteiger partial charge in [-0.2, -0.15) is 0 Å². The zero-order valence-corrected chi connectivity index (χ0v) is 13.6. The highest BCUT2D eigenvalue weighted by Gasteiger charge is 2.47. The summed E-state index contributed by atoms with van der Waals surface area (Å²) in [4.78, 5) is 32.1. The number of H-pyrrole nitrogens is 1. The van der Waals surface area contributed by atoms with Gasteiger partial charge in [-0.3, -0.25) is 9.59 Å². The Bertz CT molecular complexity index is 593. The van der Waals surface area contributed by atoms with E-state index in [1.807, 2.05) is 17.0 Å². The number of amides is 2. The maximum Gasteiger partial charge on any atom is 0.270 e. The largest absolute Gasteiger partial charge is 0.357 e. The van der Waals surface area contributed by atoms with Crippen LogP contribution in [-0.4, -0.2) is 51.8 Å². The Morgan fingerprint density at radius 2 is 2.13 bits per heavy atom. The number of nitrogens with zero attached hydrogens (tertiary/aromatic N) is 2. The molecule has 2 aliphatic heterocycles. The molecule has 1 saturated carbocycles. The van der Waals surface area contributed by atoms with E-state index in [2.05, 4.69) is 9.88 Å². The van der Waals surface area contributed by atoms with Gasteiger partial charge in [-0.05, 0) is 56.6 Å². The summed E-state index contributed by atoms with van der Waals surface area (Å²) in [5.74, 6) is 1.15. The van der Waals surface area contributed by atoms with Gasteiger partial charge in [0.05, 0.1) is 0 Å². The van der Waals surface area contributed by atoms with Gasteiger partial charge >= 0.3 is 0 Å². The van der Waals surface area contributed by atoms with Crippen LogP contribution in [0.25, 0.3) is 0 Å². The molecule has 1 aliphatic carbocycles. The van der Waals surface area contributed by atoms with E-state index < -0.39 is 0 Å². The molecule has 2 amide bonds. The van der Waals surface area contributed by atoms with Crippen molar-refractivity contribution in [2.75, 3.05) is 19.6 Å². The zero-order valence-electron chi connectivity index (χ0n) is 13.6. The summed E-state index contributed by atoms with van der Waals surface area (Å²) in [5.41, 5.74) is 0.683. The molecule has 3 aliphatic rings. The van der Waals surface area contributed by atoms with E-state index in [4.69, 9.17) is 0 Å². The molecule has 0 bridgehead atoms. The molecule has 4 rings (SSSR count). The fourth-order valence-electron chi connectivity index (χ4n) is 4.26. The van der Waals surface area contributed by atoms with Gasteiger partial charge in [0, 0.05) is 37.8 Å². The van der Waals surface area contributed by atoms with E-state index in [1.54, 1.807) is 6.20 Å². The lowest BCUT2D eigenvalue weighted by Gasteiger charge is -2.38. The third-order valence-corrected chi connectivity index (χ3v) is 5.85. The molecule has 1 spiro atoms. The van der Waals surface area contributed by atoms with Crippen molar-refractivity contribution in [3.63, 3.8) is 0 Å². The first-order valence-electron chi connectivity index (χ1n) is 8.91. The molecular weight excluding hydrogens is 290 g/mol. The van der Waals surface area contributed by atoms with E-state index in [-0.39, 0.29) is 11.4 Å². The lowest BCUT2D eigenvalue weighted by molar-refractivity contribution is -0.131. The van der Waals surface area contributed by atoms with Crippen molar-refractivity contribution in [1.29, 1.82) is 0 Å². The predicted octanol–water partition coefficient (Wildman–Crippen LogP) is 2.41. The minimum absolute atomic E-state index is 0.0183. The summed E-state index contributed by atoms with van der Waals surface area (Å²) in [6.07, 6.45) is 8.97. The monoisotopic (exact) mass is 315 g/mol. The molecule has 23 heavy (non-hydrogen) atoms. The smallest absolute Gasteiger partial charge is 0.270 e. The van der Waals surface area contributed by atoms with Gasteiger partial charge in [0.15, 0.2) is 0 Å². The summed E-state index contributed by atoms with van der Waals surface area (Å²) >= 11 is 0. The number of aromatic nitrogens is 1. The lowest BCUT2D eigenvalue weighted by atomic mass is 9.87. The maximum atomic E-state index is 12.6. The Morgan fingerprint density at radius 3 is 2.87 bits per heavy atom. The normalized spacial score (nSPS) is 28.4. The molecular formula is C18H25N3O2. The summed E-state index contributed by atoms with van der Waals surface area (Å²) < 4.78 is 0. The minimum Gasteiger partial charge on any atom is -0.357 e. The van der Waals surface area contributed by atoms with Crippen LogP contribution < -0.4 is 0 Å². The van der Waals surface area contributed by atoms with Crippen molar-refractivity contribution >= 4 is 11.8 Å². The second kappa shape index (κ2) is 5.69. The number of carbonyl (C=O) groups is 2. The number of aromatic amines is 1. The Labute approximate surface area is 137 Å². The molecule has 1 aromatic heterocycles. The number of nitrogens with one attached hydrogen (secondary N) is 1. The van der Waals surface area contributed by atoms with E-state index in [1.165, 1.54) is 12.8 Å². The molecule has 1 atom stereocenters. The average molecular weight is 315 g/mol. The zero-order chi connectivity index (χ0) is 15.9. The minimum atomic E-state index is 0.0183. The van der Waals surface area contributed by atoms with Gasteiger partial charge in [-0.1, -0.05) is 0 Å². The van der Waals surface area contributed by atoms with Crippen molar-refractivity contribution in [3.05, 3.63) is 24.0 Å². The molecule has 3 fully saturated rings. The molecule has 1 aromatic rings. The number of hydrogen-bond acceptors (Lipinski definition) is 2.